The van der Waals surface area contributed by atoms with Crippen molar-refractivity contribution in [3.05, 3.63) is 194 Å². The van der Waals surface area contributed by atoms with Gasteiger partial charge in [0, 0.05) is 44.1 Å². The third kappa shape index (κ3) is 4.87. The number of pyridine rings is 1. The number of aromatic nitrogens is 2. The third-order valence-electron chi connectivity index (χ3n) is 10.8. The minimum Gasteiger partial charge on any atom is -0.455 e. The Balaban J connectivity index is 1.06. The Hall–Kier alpha value is -7.23. The number of ether oxygens (including phenoxy) is 1. The lowest BCUT2D eigenvalue weighted by molar-refractivity contribution is 0.489. The summed E-state index contributed by atoms with van der Waals surface area (Å²) in [7, 11) is 0. The minimum absolute atomic E-state index is 0.904. The maximum atomic E-state index is 6.73. The lowest BCUT2D eigenvalue weighted by Gasteiger charge is -2.23. The Morgan fingerprint density at radius 1 is 0.389 bits per heavy atom. The Morgan fingerprint density at radius 3 is 1.81 bits per heavy atom. The Kier molecular flexibility index (Phi) is 6.86. The van der Waals surface area contributed by atoms with E-state index in [4.69, 9.17) is 9.72 Å². The van der Waals surface area contributed by atoms with Crippen LogP contribution in [0.25, 0.3) is 94.2 Å². The molecule has 3 heteroatoms. The van der Waals surface area contributed by atoms with Crippen LogP contribution < -0.4 is 4.74 Å². The van der Waals surface area contributed by atoms with Gasteiger partial charge in [0.05, 0.1) is 22.4 Å². The van der Waals surface area contributed by atoms with Crippen molar-refractivity contribution in [3.8, 4) is 73.1 Å². The zero-order valence-corrected chi connectivity index (χ0v) is 29.3. The Bertz CT molecular complexity index is 3010. The molecule has 0 unspecified atom stereocenters. The van der Waals surface area contributed by atoms with E-state index in [1.165, 1.54) is 32.6 Å². The minimum atomic E-state index is 0.904. The molecule has 1 aliphatic heterocycles. The summed E-state index contributed by atoms with van der Waals surface area (Å²) >= 11 is 0. The van der Waals surface area contributed by atoms with Gasteiger partial charge in [-0.3, -0.25) is 0 Å². The SMILES string of the molecule is c1ccc(-c2cc(-c3cccc(-n4c5ccccc5c5cc(-c6cccc7c6Oc6cccc8cccc-7c68)ccc54)c3)cc(-c3ccccc3)n2)cc1. The fourth-order valence-corrected chi connectivity index (χ4v) is 8.27. The van der Waals surface area contributed by atoms with Gasteiger partial charge in [-0.2, -0.15) is 0 Å². The summed E-state index contributed by atoms with van der Waals surface area (Å²) in [6.45, 7) is 0. The quantitative estimate of drug-likeness (QED) is 0.180. The first-order chi connectivity index (χ1) is 26.8. The van der Waals surface area contributed by atoms with Gasteiger partial charge < -0.3 is 9.30 Å². The van der Waals surface area contributed by atoms with E-state index < -0.39 is 0 Å². The fourth-order valence-electron chi connectivity index (χ4n) is 8.27. The highest BCUT2D eigenvalue weighted by molar-refractivity contribution is 6.11. The number of para-hydroxylation sites is 2. The molecule has 2 aromatic heterocycles. The number of fused-ring (bicyclic) bond motifs is 5. The molecule has 0 bridgehead atoms. The summed E-state index contributed by atoms with van der Waals surface area (Å²) in [5, 5.41) is 4.77. The molecule has 11 rings (SSSR count). The maximum Gasteiger partial charge on any atom is 0.143 e. The molecule has 0 amide bonds. The smallest absolute Gasteiger partial charge is 0.143 e. The van der Waals surface area contributed by atoms with Gasteiger partial charge in [-0.05, 0) is 76.2 Å². The molecule has 0 radical (unpaired) electrons. The highest BCUT2D eigenvalue weighted by atomic mass is 16.5. The van der Waals surface area contributed by atoms with Crippen LogP contribution in [0.15, 0.2) is 194 Å². The predicted octanol–water partition coefficient (Wildman–Crippen LogP) is 13.8. The molecule has 54 heavy (non-hydrogen) atoms. The summed E-state index contributed by atoms with van der Waals surface area (Å²) in [6.07, 6.45) is 0. The van der Waals surface area contributed by atoms with Crippen LogP contribution in [-0.2, 0) is 0 Å². The van der Waals surface area contributed by atoms with Crippen molar-refractivity contribution >= 4 is 32.6 Å². The summed E-state index contributed by atoms with van der Waals surface area (Å²) < 4.78 is 9.12. The van der Waals surface area contributed by atoms with Crippen molar-refractivity contribution in [3.63, 3.8) is 0 Å². The molecule has 3 heterocycles. The molecule has 1 aliphatic rings. The zero-order chi connectivity index (χ0) is 35.6. The summed E-state index contributed by atoms with van der Waals surface area (Å²) in [5.74, 6) is 1.81. The van der Waals surface area contributed by atoms with Crippen LogP contribution in [0.1, 0.15) is 0 Å². The van der Waals surface area contributed by atoms with E-state index in [1.54, 1.807) is 0 Å². The topological polar surface area (TPSA) is 27.1 Å². The average Bonchev–Trinajstić information content (AvgIpc) is 3.58. The first-order valence-electron chi connectivity index (χ1n) is 18.4. The molecule has 0 aliphatic carbocycles. The van der Waals surface area contributed by atoms with Crippen molar-refractivity contribution in [1.29, 1.82) is 0 Å². The van der Waals surface area contributed by atoms with Gasteiger partial charge in [-0.1, -0.05) is 146 Å². The van der Waals surface area contributed by atoms with E-state index in [0.29, 0.717) is 0 Å². The number of hydrogen-bond donors (Lipinski definition) is 0. The second-order valence-corrected chi connectivity index (χ2v) is 13.9. The van der Waals surface area contributed by atoms with Crippen LogP contribution in [0, 0.1) is 0 Å². The third-order valence-corrected chi connectivity index (χ3v) is 10.8. The summed E-state index contributed by atoms with van der Waals surface area (Å²) in [6, 6.07) is 69.0. The van der Waals surface area contributed by atoms with Crippen molar-refractivity contribution in [2.45, 2.75) is 0 Å². The van der Waals surface area contributed by atoms with Gasteiger partial charge >= 0.3 is 0 Å². The first kappa shape index (κ1) is 30.4. The summed E-state index contributed by atoms with van der Waals surface area (Å²) in [4.78, 5) is 5.12. The van der Waals surface area contributed by atoms with E-state index in [-0.39, 0.29) is 0 Å². The molecule has 0 spiro atoms. The zero-order valence-electron chi connectivity index (χ0n) is 29.3. The second kappa shape index (κ2) is 12.2. The number of benzene rings is 8. The molecule has 10 aromatic rings. The molecule has 3 nitrogen and oxygen atoms in total. The number of nitrogens with zero attached hydrogens (tertiary/aromatic N) is 2. The van der Waals surface area contributed by atoms with Gasteiger partial charge in [-0.25, -0.2) is 4.98 Å². The Labute approximate surface area is 313 Å². The normalized spacial score (nSPS) is 11.9. The van der Waals surface area contributed by atoms with Crippen LogP contribution in [0.3, 0.4) is 0 Å². The van der Waals surface area contributed by atoms with Crippen LogP contribution >= 0.6 is 0 Å². The predicted molar refractivity (Wildman–Crippen MR) is 223 cm³/mol. The van der Waals surface area contributed by atoms with E-state index in [2.05, 4.69) is 187 Å². The van der Waals surface area contributed by atoms with Gasteiger partial charge in [0.25, 0.3) is 0 Å². The fraction of sp³-hybridized carbons (Fsp3) is 0. The highest BCUT2D eigenvalue weighted by Crippen LogP contribution is 2.50. The lowest BCUT2D eigenvalue weighted by Crippen LogP contribution is -1.99. The maximum absolute atomic E-state index is 6.73. The molecule has 0 N–H and O–H groups in total. The van der Waals surface area contributed by atoms with E-state index in [9.17, 15) is 0 Å². The number of rotatable bonds is 5. The summed E-state index contributed by atoms with van der Waals surface area (Å²) in [5.41, 5.74) is 14.3. The molecule has 8 aromatic carbocycles. The van der Waals surface area contributed by atoms with Gasteiger partial charge in [-0.15, -0.1) is 0 Å². The second-order valence-electron chi connectivity index (χ2n) is 13.9. The molecule has 0 saturated carbocycles. The van der Waals surface area contributed by atoms with Gasteiger partial charge in [0.15, 0.2) is 0 Å². The average molecular weight is 689 g/mol. The number of hydrogen-bond acceptors (Lipinski definition) is 2. The van der Waals surface area contributed by atoms with Crippen molar-refractivity contribution in [1.82, 2.24) is 9.55 Å². The van der Waals surface area contributed by atoms with Crippen LogP contribution in [0.2, 0.25) is 0 Å². The largest absolute Gasteiger partial charge is 0.455 e. The molecule has 252 valence electrons. The van der Waals surface area contributed by atoms with Crippen LogP contribution in [0.5, 0.6) is 11.5 Å². The van der Waals surface area contributed by atoms with Gasteiger partial charge in [0.2, 0.25) is 0 Å². The van der Waals surface area contributed by atoms with Crippen molar-refractivity contribution in [2.75, 3.05) is 0 Å². The van der Waals surface area contributed by atoms with E-state index >= 15 is 0 Å². The first-order valence-corrected chi connectivity index (χ1v) is 18.4. The van der Waals surface area contributed by atoms with Crippen LogP contribution in [0.4, 0.5) is 0 Å². The molecular formula is C51H32N2O. The molecular weight excluding hydrogens is 657 g/mol. The van der Waals surface area contributed by atoms with E-state index in [1.807, 2.05) is 12.1 Å². The molecule has 0 fully saturated rings. The van der Waals surface area contributed by atoms with Crippen LogP contribution in [-0.4, -0.2) is 9.55 Å². The molecule has 0 atom stereocenters. The monoisotopic (exact) mass is 688 g/mol. The van der Waals surface area contributed by atoms with Gasteiger partial charge in [0.1, 0.15) is 11.5 Å². The lowest BCUT2D eigenvalue weighted by atomic mass is 9.91. The molecule has 0 saturated heterocycles. The highest BCUT2D eigenvalue weighted by Gasteiger charge is 2.23. The Morgan fingerprint density at radius 2 is 1.02 bits per heavy atom. The van der Waals surface area contributed by atoms with E-state index in [0.717, 1.165) is 73.0 Å². The standard InChI is InChI=1S/C51H32N2O/c1-3-13-33(14-4-1)45-31-38(32-46(52-45)34-15-5-2-6-16-34)36-19-9-20-39(29-36)53-47-25-8-7-21-41(47)44-30-37(27-28-48(44)53)40-22-12-24-43-42-23-10-17-35-18-11-26-49(50(35)42)54-51(40)43/h1-32H. The van der Waals surface area contributed by atoms with Crippen molar-refractivity contribution in [2.24, 2.45) is 0 Å². The van der Waals surface area contributed by atoms with Crippen molar-refractivity contribution < 1.29 is 4.74 Å².